The fourth-order valence-electron chi connectivity index (χ4n) is 2.03. The highest BCUT2D eigenvalue weighted by Gasteiger charge is 2.17. The zero-order valence-corrected chi connectivity index (χ0v) is 10.3. The van der Waals surface area contributed by atoms with Gasteiger partial charge in [-0.15, -0.1) is 0 Å². The number of nitrogens with zero attached hydrogens (tertiary/aromatic N) is 3. The van der Waals surface area contributed by atoms with Crippen molar-refractivity contribution in [2.24, 2.45) is 0 Å². The second-order valence-corrected chi connectivity index (χ2v) is 4.17. The van der Waals surface area contributed by atoms with E-state index in [4.69, 9.17) is 15.2 Å². The Balaban J connectivity index is 2.15. The van der Waals surface area contributed by atoms with Gasteiger partial charge in [0.1, 0.15) is 24.9 Å². The molecule has 0 saturated carbocycles. The molecular formula is C12H14N4O2. The minimum atomic E-state index is 0.547. The number of anilines is 1. The van der Waals surface area contributed by atoms with E-state index < -0.39 is 0 Å². The van der Waals surface area contributed by atoms with Crippen molar-refractivity contribution >= 4 is 5.69 Å². The van der Waals surface area contributed by atoms with Crippen LogP contribution >= 0.6 is 0 Å². The number of benzene rings is 1. The lowest BCUT2D eigenvalue weighted by molar-refractivity contribution is 0.171. The Morgan fingerprint density at radius 3 is 2.44 bits per heavy atom. The zero-order chi connectivity index (χ0) is 12.7. The summed E-state index contributed by atoms with van der Waals surface area (Å²) in [6, 6.07) is 3.60. The molecule has 0 amide bonds. The van der Waals surface area contributed by atoms with E-state index in [0.717, 1.165) is 11.5 Å². The summed E-state index contributed by atoms with van der Waals surface area (Å²) >= 11 is 0. The molecule has 94 valence electrons. The first-order valence-electron chi connectivity index (χ1n) is 5.75. The van der Waals surface area contributed by atoms with Crippen LogP contribution in [0.15, 0.2) is 12.1 Å². The van der Waals surface area contributed by atoms with Gasteiger partial charge in [0.25, 0.3) is 0 Å². The predicted octanol–water partition coefficient (Wildman–Crippen LogP) is 1.24. The highest BCUT2D eigenvalue weighted by molar-refractivity contribution is 5.65. The third-order valence-corrected chi connectivity index (χ3v) is 2.79. The summed E-state index contributed by atoms with van der Waals surface area (Å²) < 4.78 is 12.7. The second-order valence-electron chi connectivity index (χ2n) is 4.17. The maximum atomic E-state index is 6.03. The minimum absolute atomic E-state index is 0.547. The van der Waals surface area contributed by atoms with Gasteiger partial charge in [-0.3, -0.25) is 0 Å². The van der Waals surface area contributed by atoms with Gasteiger partial charge in [0.2, 0.25) is 0 Å². The summed E-state index contributed by atoms with van der Waals surface area (Å²) in [7, 11) is 0. The molecule has 1 aliphatic rings. The SMILES string of the molecule is Cc1nc(C)n(-c2cc3c(cc2N)OCCO3)n1. The van der Waals surface area contributed by atoms with Crippen molar-refractivity contribution in [1.82, 2.24) is 14.8 Å². The molecule has 0 atom stereocenters. The fraction of sp³-hybridized carbons (Fsp3) is 0.333. The van der Waals surface area contributed by atoms with Crippen LogP contribution in [0.1, 0.15) is 11.6 Å². The maximum Gasteiger partial charge on any atom is 0.163 e. The summed E-state index contributed by atoms with van der Waals surface area (Å²) in [4.78, 5) is 4.26. The average Bonchev–Trinajstić information content (AvgIpc) is 2.67. The summed E-state index contributed by atoms with van der Waals surface area (Å²) in [6.45, 7) is 4.83. The quantitative estimate of drug-likeness (QED) is 0.766. The van der Waals surface area contributed by atoms with Crippen molar-refractivity contribution in [1.29, 1.82) is 0 Å². The van der Waals surface area contributed by atoms with Gasteiger partial charge in [-0.1, -0.05) is 0 Å². The lowest BCUT2D eigenvalue weighted by Crippen LogP contribution is -2.16. The Morgan fingerprint density at radius 1 is 1.17 bits per heavy atom. The molecular weight excluding hydrogens is 232 g/mol. The van der Waals surface area contributed by atoms with E-state index in [1.165, 1.54) is 0 Å². The normalized spacial score (nSPS) is 13.7. The number of hydrogen-bond donors (Lipinski definition) is 1. The topological polar surface area (TPSA) is 75.2 Å². The standard InChI is InChI=1S/C12H14N4O2/c1-7-14-8(2)16(15-7)10-6-12-11(5-9(10)13)17-3-4-18-12/h5-6H,3-4,13H2,1-2H3. The average molecular weight is 246 g/mol. The molecule has 0 bridgehead atoms. The number of aromatic nitrogens is 3. The molecule has 3 rings (SSSR count). The summed E-state index contributed by atoms with van der Waals surface area (Å²) in [5, 5.41) is 4.32. The van der Waals surface area contributed by atoms with Crippen LogP contribution in [0.2, 0.25) is 0 Å². The van der Waals surface area contributed by atoms with E-state index in [2.05, 4.69) is 10.1 Å². The second kappa shape index (κ2) is 3.90. The Morgan fingerprint density at radius 2 is 1.83 bits per heavy atom. The minimum Gasteiger partial charge on any atom is -0.486 e. The monoisotopic (exact) mass is 246 g/mol. The summed E-state index contributed by atoms with van der Waals surface area (Å²) in [5.41, 5.74) is 7.38. The van der Waals surface area contributed by atoms with Crippen molar-refractivity contribution < 1.29 is 9.47 Å². The van der Waals surface area contributed by atoms with Gasteiger partial charge in [-0.05, 0) is 13.8 Å². The Kier molecular flexibility index (Phi) is 2.36. The van der Waals surface area contributed by atoms with Crippen LogP contribution in [0.25, 0.3) is 5.69 Å². The molecule has 0 spiro atoms. The van der Waals surface area contributed by atoms with E-state index in [1.54, 1.807) is 10.7 Å². The van der Waals surface area contributed by atoms with Crippen LogP contribution in [-0.2, 0) is 0 Å². The van der Waals surface area contributed by atoms with E-state index in [1.807, 2.05) is 19.9 Å². The molecule has 0 fully saturated rings. The number of ether oxygens (including phenoxy) is 2. The molecule has 1 aromatic heterocycles. The highest BCUT2D eigenvalue weighted by atomic mass is 16.6. The Bertz CT molecular complexity index is 606. The van der Waals surface area contributed by atoms with Crippen molar-refractivity contribution in [3.63, 3.8) is 0 Å². The first-order valence-corrected chi connectivity index (χ1v) is 5.75. The van der Waals surface area contributed by atoms with Gasteiger partial charge in [0, 0.05) is 12.1 Å². The first-order chi connectivity index (χ1) is 8.65. The van der Waals surface area contributed by atoms with Crippen molar-refractivity contribution in [2.45, 2.75) is 13.8 Å². The molecule has 2 aromatic rings. The zero-order valence-electron chi connectivity index (χ0n) is 10.3. The molecule has 6 heteroatoms. The van der Waals surface area contributed by atoms with E-state index >= 15 is 0 Å². The molecule has 6 nitrogen and oxygen atoms in total. The largest absolute Gasteiger partial charge is 0.486 e. The van der Waals surface area contributed by atoms with Gasteiger partial charge in [0.05, 0.1) is 11.4 Å². The van der Waals surface area contributed by atoms with E-state index in [0.29, 0.717) is 36.2 Å². The molecule has 1 aromatic carbocycles. The van der Waals surface area contributed by atoms with Crippen LogP contribution in [0.5, 0.6) is 11.5 Å². The smallest absolute Gasteiger partial charge is 0.163 e. The lowest BCUT2D eigenvalue weighted by atomic mass is 10.2. The number of fused-ring (bicyclic) bond motifs is 1. The highest BCUT2D eigenvalue weighted by Crippen LogP contribution is 2.36. The molecule has 18 heavy (non-hydrogen) atoms. The number of hydrogen-bond acceptors (Lipinski definition) is 5. The summed E-state index contributed by atoms with van der Waals surface area (Å²) in [6.07, 6.45) is 0. The molecule has 2 heterocycles. The lowest BCUT2D eigenvalue weighted by Gasteiger charge is -2.20. The number of nitrogens with two attached hydrogens (primary N) is 1. The number of rotatable bonds is 1. The maximum absolute atomic E-state index is 6.03. The Labute approximate surface area is 104 Å². The van der Waals surface area contributed by atoms with E-state index in [-0.39, 0.29) is 0 Å². The van der Waals surface area contributed by atoms with Gasteiger partial charge in [-0.2, -0.15) is 5.10 Å². The third-order valence-electron chi connectivity index (χ3n) is 2.79. The Hall–Kier alpha value is -2.24. The van der Waals surface area contributed by atoms with Crippen LogP contribution in [0, 0.1) is 13.8 Å². The number of nitrogen functional groups attached to an aromatic ring is 1. The number of aryl methyl sites for hydroxylation is 2. The molecule has 0 saturated heterocycles. The van der Waals surface area contributed by atoms with Crippen molar-refractivity contribution in [2.75, 3.05) is 18.9 Å². The van der Waals surface area contributed by atoms with Gasteiger partial charge in [0.15, 0.2) is 11.5 Å². The van der Waals surface area contributed by atoms with Gasteiger partial charge in [-0.25, -0.2) is 9.67 Å². The predicted molar refractivity (Wildman–Crippen MR) is 66.2 cm³/mol. The van der Waals surface area contributed by atoms with Gasteiger partial charge >= 0.3 is 0 Å². The summed E-state index contributed by atoms with van der Waals surface area (Å²) in [5.74, 6) is 2.87. The van der Waals surface area contributed by atoms with E-state index in [9.17, 15) is 0 Å². The molecule has 1 aliphatic heterocycles. The first kappa shape index (κ1) is 10.9. The molecule has 0 unspecified atom stereocenters. The molecule has 0 aliphatic carbocycles. The van der Waals surface area contributed by atoms with Crippen LogP contribution in [-0.4, -0.2) is 28.0 Å². The van der Waals surface area contributed by atoms with Crippen LogP contribution in [0.4, 0.5) is 5.69 Å². The fourth-order valence-corrected chi connectivity index (χ4v) is 2.03. The molecule has 2 N–H and O–H groups in total. The van der Waals surface area contributed by atoms with Crippen molar-refractivity contribution in [3.8, 4) is 17.2 Å². The molecule has 0 radical (unpaired) electrons. The van der Waals surface area contributed by atoms with Gasteiger partial charge < -0.3 is 15.2 Å². The van der Waals surface area contributed by atoms with Crippen molar-refractivity contribution in [3.05, 3.63) is 23.8 Å². The van der Waals surface area contributed by atoms with Crippen LogP contribution in [0.3, 0.4) is 0 Å². The third kappa shape index (κ3) is 1.66. The van der Waals surface area contributed by atoms with Crippen LogP contribution < -0.4 is 15.2 Å².